The van der Waals surface area contributed by atoms with Crippen molar-refractivity contribution in [3.05, 3.63) is 85.2 Å². The van der Waals surface area contributed by atoms with E-state index in [0.717, 1.165) is 16.5 Å². The number of hydrogen-bond donors (Lipinski definition) is 0. The molecule has 0 atom stereocenters. The summed E-state index contributed by atoms with van der Waals surface area (Å²) in [6.45, 7) is 0. The minimum absolute atomic E-state index is 0.855. The van der Waals surface area contributed by atoms with Gasteiger partial charge in [-0.3, -0.25) is 0 Å². The lowest BCUT2D eigenvalue weighted by Crippen LogP contribution is -2.38. The molecular formula is C19H14NO+. The first kappa shape index (κ1) is 11.9. The number of fused-ring (bicyclic) bond motifs is 2. The first-order valence-corrected chi connectivity index (χ1v) is 6.96. The van der Waals surface area contributed by atoms with Gasteiger partial charge in [0.25, 0.3) is 0 Å². The van der Waals surface area contributed by atoms with Crippen molar-refractivity contribution in [2.45, 2.75) is 0 Å². The summed E-state index contributed by atoms with van der Waals surface area (Å²) in [5.74, 6) is 0.855. The molecule has 2 nitrogen and oxygen atoms in total. The molecule has 21 heavy (non-hydrogen) atoms. The minimum Gasteiger partial charge on any atom is -0.231 e. The molecule has 0 aliphatic heterocycles. The molecule has 0 amide bonds. The van der Waals surface area contributed by atoms with E-state index in [9.17, 15) is 0 Å². The van der Waals surface area contributed by atoms with Crippen LogP contribution in [0.4, 0.5) is 0 Å². The van der Waals surface area contributed by atoms with Crippen molar-refractivity contribution in [1.29, 1.82) is 0 Å². The van der Waals surface area contributed by atoms with Gasteiger partial charge in [0.05, 0.1) is 5.39 Å². The van der Waals surface area contributed by atoms with Crippen LogP contribution in [0.5, 0.6) is 5.75 Å². The van der Waals surface area contributed by atoms with Crippen LogP contribution in [0, 0.1) is 0 Å². The summed E-state index contributed by atoms with van der Waals surface area (Å²) < 4.78 is 1.75. The fourth-order valence-electron chi connectivity index (χ4n) is 2.56. The van der Waals surface area contributed by atoms with Crippen LogP contribution in [0.25, 0.3) is 21.5 Å². The Balaban J connectivity index is 1.79. The van der Waals surface area contributed by atoms with Gasteiger partial charge in [-0.15, -0.1) is 0 Å². The second kappa shape index (κ2) is 4.91. The molecule has 0 aliphatic rings. The van der Waals surface area contributed by atoms with Crippen molar-refractivity contribution < 1.29 is 9.57 Å². The van der Waals surface area contributed by atoms with Gasteiger partial charge in [-0.1, -0.05) is 54.6 Å². The molecule has 0 N–H and O–H groups in total. The Morgan fingerprint density at radius 1 is 0.619 bits per heavy atom. The van der Waals surface area contributed by atoms with E-state index in [2.05, 4.69) is 36.4 Å². The van der Waals surface area contributed by atoms with E-state index in [-0.39, 0.29) is 0 Å². The Hall–Kier alpha value is -2.87. The van der Waals surface area contributed by atoms with Gasteiger partial charge in [-0.25, -0.2) is 4.84 Å². The van der Waals surface area contributed by atoms with E-state index < -0.39 is 0 Å². The van der Waals surface area contributed by atoms with Crippen LogP contribution in [-0.4, -0.2) is 0 Å². The second-order valence-corrected chi connectivity index (χ2v) is 5.00. The van der Waals surface area contributed by atoms with Crippen LogP contribution in [0.15, 0.2) is 85.2 Å². The summed E-state index contributed by atoms with van der Waals surface area (Å²) in [6, 6.07) is 24.6. The van der Waals surface area contributed by atoms with E-state index in [1.54, 1.807) is 4.73 Å². The highest BCUT2D eigenvalue weighted by Crippen LogP contribution is 2.24. The number of hydrogen-bond acceptors (Lipinski definition) is 1. The molecule has 100 valence electrons. The van der Waals surface area contributed by atoms with E-state index in [4.69, 9.17) is 4.84 Å². The third-order valence-electron chi connectivity index (χ3n) is 3.62. The molecule has 1 aromatic heterocycles. The number of rotatable bonds is 2. The van der Waals surface area contributed by atoms with Gasteiger partial charge in [0.1, 0.15) is 0 Å². The zero-order valence-electron chi connectivity index (χ0n) is 11.4. The number of nitrogens with zero attached hydrogens (tertiary/aromatic N) is 1. The summed E-state index contributed by atoms with van der Waals surface area (Å²) in [4.78, 5) is 6.02. The van der Waals surface area contributed by atoms with Gasteiger partial charge in [0.2, 0.25) is 18.1 Å². The first-order valence-electron chi connectivity index (χ1n) is 6.96. The van der Waals surface area contributed by atoms with Crippen molar-refractivity contribution >= 4 is 21.5 Å². The SMILES string of the molecule is c1ccc2c[n+](Oc3cccc4ccccc34)ccc2c1. The molecule has 4 aromatic rings. The molecule has 0 spiro atoms. The maximum absolute atomic E-state index is 6.02. The molecule has 0 saturated carbocycles. The molecule has 2 heteroatoms. The van der Waals surface area contributed by atoms with Gasteiger partial charge < -0.3 is 0 Å². The van der Waals surface area contributed by atoms with Crippen LogP contribution in [0.2, 0.25) is 0 Å². The minimum atomic E-state index is 0.855. The number of benzene rings is 3. The first-order chi connectivity index (χ1) is 10.4. The van der Waals surface area contributed by atoms with Crippen LogP contribution < -0.4 is 9.57 Å². The molecule has 0 radical (unpaired) electrons. The highest BCUT2D eigenvalue weighted by atomic mass is 16.7. The molecule has 1 heterocycles. The summed E-state index contributed by atoms with van der Waals surface area (Å²) in [7, 11) is 0. The van der Waals surface area contributed by atoms with Crippen LogP contribution in [0.3, 0.4) is 0 Å². The molecule has 0 unspecified atom stereocenters. The Labute approximate surface area is 122 Å². The Morgan fingerprint density at radius 2 is 1.33 bits per heavy atom. The fourth-order valence-corrected chi connectivity index (χ4v) is 2.56. The lowest BCUT2D eigenvalue weighted by molar-refractivity contribution is -0.873. The topological polar surface area (TPSA) is 13.1 Å². The van der Waals surface area contributed by atoms with Crippen molar-refractivity contribution in [3.63, 3.8) is 0 Å². The van der Waals surface area contributed by atoms with Crippen molar-refractivity contribution in [1.82, 2.24) is 0 Å². The van der Waals surface area contributed by atoms with Crippen LogP contribution in [0.1, 0.15) is 0 Å². The highest BCUT2D eigenvalue weighted by molar-refractivity contribution is 5.88. The Morgan fingerprint density at radius 3 is 2.24 bits per heavy atom. The number of pyridine rings is 1. The molecule has 0 saturated heterocycles. The summed E-state index contributed by atoms with van der Waals surface area (Å²) >= 11 is 0. The smallest absolute Gasteiger partial charge is 0.230 e. The summed E-state index contributed by atoms with van der Waals surface area (Å²) in [6.07, 6.45) is 3.93. The molecule has 4 rings (SSSR count). The van der Waals surface area contributed by atoms with Gasteiger partial charge in [-0.05, 0) is 22.9 Å². The zero-order chi connectivity index (χ0) is 14.1. The lowest BCUT2D eigenvalue weighted by Gasteiger charge is -2.03. The van der Waals surface area contributed by atoms with Crippen molar-refractivity contribution in [2.24, 2.45) is 0 Å². The third-order valence-corrected chi connectivity index (χ3v) is 3.62. The Bertz CT molecular complexity index is 925. The summed E-state index contributed by atoms with van der Waals surface area (Å²) in [5, 5.41) is 4.65. The fraction of sp³-hybridized carbons (Fsp3) is 0. The normalized spacial score (nSPS) is 10.9. The van der Waals surface area contributed by atoms with E-state index >= 15 is 0 Å². The third kappa shape index (κ3) is 2.21. The Kier molecular flexibility index (Phi) is 2.79. The van der Waals surface area contributed by atoms with Crippen molar-refractivity contribution in [3.8, 4) is 5.75 Å². The van der Waals surface area contributed by atoms with Gasteiger partial charge >= 0.3 is 0 Å². The summed E-state index contributed by atoms with van der Waals surface area (Å²) in [5.41, 5.74) is 0. The second-order valence-electron chi connectivity index (χ2n) is 5.00. The maximum atomic E-state index is 6.02. The molecule has 0 fully saturated rings. The van der Waals surface area contributed by atoms with Gasteiger partial charge in [-0.2, -0.15) is 0 Å². The van der Waals surface area contributed by atoms with Gasteiger partial charge in [0.15, 0.2) is 0 Å². The molecule has 3 aromatic carbocycles. The molecular weight excluding hydrogens is 258 g/mol. The molecule has 0 aliphatic carbocycles. The van der Waals surface area contributed by atoms with E-state index in [1.807, 2.05) is 48.8 Å². The maximum Gasteiger partial charge on any atom is 0.230 e. The van der Waals surface area contributed by atoms with Crippen molar-refractivity contribution in [2.75, 3.05) is 0 Å². The lowest BCUT2D eigenvalue weighted by atomic mass is 10.1. The average Bonchev–Trinajstić information content (AvgIpc) is 2.55. The zero-order valence-corrected chi connectivity index (χ0v) is 11.4. The quantitative estimate of drug-likeness (QED) is 0.500. The van der Waals surface area contributed by atoms with Crippen LogP contribution >= 0.6 is 0 Å². The number of aromatic nitrogens is 1. The largest absolute Gasteiger partial charge is 0.231 e. The monoisotopic (exact) mass is 272 g/mol. The van der Waals surface area contributed by atoms with E-state index in [0.29, 0.717) is 0 Å². The van der Waals surface area contributed by atoms with Gasteiger partial charge in [0, 0.05) is 16.2 Å². The predicted octanol–water partition coefficient (Wildman–Crippen LogP) is 4.12. The standard InChI is InChI=1S/C19H14NO/c1-2-8-17-14-20(13-12-15(17)6-1)21-19-11-5-9-16-7-3-4-10-18(16)19/h1-14H/q+1. The predicted molar refractivity (Wildman–Crippen MR) is 84.1 cm³/mol. The van der Waals surface area contributed by atoms with Crippen LogP contribution in [-0.2, 0) is 0 Å². The van der Waals surface area contributed by atoms with E-state index in [1.165, 1.54) is 10.8 Å². The molecule has 0 bridgehead atoms. The average molecular weight is 272 g/mol. The highest BCUT2D eigenvalue weighted by Gasteiger charge is 2.09.